The maximum absolute atomic E-state index is 14.6. The molecule has 1 fully saturated rings. The van der Waals surface area contributed by atoms with Gasteiger partial charge in [0.15, 0.2) is 11.7 Å². The molecule has 42 heavy (non-hydrogen) atoms. The number of fused-ring (bicyclic) bond motifs is 1. The van der Waals surface area contributed by atoms with Crippen molar-refractivity contribution in [2.75, 3.05) is 18.8 Å². The number of halogens is 10. The van der Waals surface area contributed by atoms with Crippen molar-refractivity contribution in [3.63, 3.8) is 0 Å². The molecule has 19 heteroatoms. The summed E-state index contributed by atoms with van der Waals surface area (Å²) in [7, 11) is 0. The average molecular weight is 615 g/mol. The number of pyridine rings is 1. The van der Waals surface area contributed by atoms with Crippen LogP contribution in [0, 0.1) is 12.8 Å². The van der Waals surface area contributed by atoms with Crippen LogP contribution in [0.4, 0.5) is 49.7 Å². The molecule has 1 aliphatic heterocycles. The van der Waals surface area contributed by atoms with Gasteiger partial charge in [0, 0.05) is 24.7 Å². The number of rotatable bonds is 5. The maximum atomic E-state index is 14.6. The van der Waals surface area contributed by atoms with Gasteiger partial charge in [-0.2, -0.15) is 44.6 Å². The number of carbonyl (C=O) groups excluding carboxylic acids is 2. The second kappa shape index (κ2) is 10.6. The molecule has 0 aromatic carbocycles. The molecule has 0 saturated carbocycles. The Morgan fingerprint density at radius 3 is 2.29 bits per heavy atom. The number of alkyl halides is 10. The van der Waals surface area contributed by atoms with Gasteiger partial charge in [-0.05, 0) is 19.1 Å². The Morgan fingerprint density at radius 2 is 1.69 bits per heavy atom. The minimum atomic E-state index is -5.77. The molecule has 3 N–H and O–H groups in total. The Balaban J connectivity index is 1.56. The molecule has 0 spiro atoms. The number of nitrogens with one attached hydrogen (secondary N) is 1. The predicted molar refractivity (Wildman–Crippen MR) is 123 cm³/mol. The number of nitrogens with zero attached hydrogens (tertiary/aromatic N) is 5. The Kier molecular flexibility index (Phi) is 7.75. The van der Waals surface area contributed by atoms with Gasteiger partial charge in [-0.3, -0.25) is 14.6 Å². The number of aromatic nitrogens is 4. The summed E-state index contributed by atoms with van der Waals surface area (Å²) >= 11 is 0. The van der Waals surface area contributed by atoms with E-state index in [-0.39, 0.29) is 22.5 Å². The van der Waals surface area contributed by atoms with Gasteiger partial charge in [-0.25, -0.2) is 13.9 Å². The number of carbonyl (C=O) groups is 2. The van der Waals surface area contributed by atoms with Gasteiger partial charge >= 0.3 is 18.5 Å². The highest BCUT2D eigenvalue weighted by atomic mass is 19.4. The van der Waals surface area contributed by atoms with Crippen molar-refractivity contribution >= 4 is 23.1 Å². The molecular formula is C23H19F10N7O2. The summed E-state index contributed by atoms with van der Waals surface area (Å²) in [5.74, 6) is -7.06. The number of amides is 2. The van der Waals surface area contributed by atoms with E-state index in [1.165, 1.54) is 6.92 Å². The summed E-state index contributed by atoms with van der Waals surface area (Å²) in [4.78, 5) is 33.2. The molecule has 3 aromatic heterocycles. The first-order valence-electron chi connectivity index (χ1n) is 11.8. The van der Waals surface area contributed by atoms with E-state index in [1.54, 1.807) is 0 Å². The number of anilines is 1. The standard InChI is InChI=1S/C23H19F10N7O2/c1-9-11(2-10(5-35-9)15-3-12(21(25,26)27)18-19(34)36-8-37-40(15)18)20(42)38-14-7-39(6-13(14)24)17(41)4-16(22(28,29)30)23(31,32)33/h2-3,5,8,13-14,16H,4,6-7H2,1H3,(H,38,42)(H2,34,36,37)/t13-,14+/m0/s1. The van der Waals surface area contributed by atoms with Crippen molar-refractivity contribution in [3.8, 4) is 11.3 Å². The van der Waals surface area contributed by atoms with E-state index in [2.05, 4.69) is 20.4 Å². The van der Waals surface area contributed by atoms with E-state index in [0.29, 0.717) is 11.0 Å². The Hall–Kier alpha value is -4.19. The highest BCUT2D eigenvalue weighted by Gasteiger charge is 2.57. The summed E-state index contributed by atoms with van der Waals surface area (Å²) < 4.78 is 133. The third kappa shape index (κ3) is 6.03. The average Bonchev–Trinajstić information content (AvgIpc) is 3.43. The van der Waals surface area contributed by atoms with Crippen molar-refractivity contribution in [2.45, 2.75) is 44.1 Å². The van der Waals surface area contributed by atoms with Gasteiger partial charge in [0.2, 0.25) is 5.91 Å². The van der Waals surface area contributed by atoms with Crippen molar-refractivity contribution in [3.05, 3.63) is 41.5 Å². The maximum Gasteiger partial charge on any atom is 0.418 e. The molecule has 1 aliphatic rings. The van der Waals surface area contributed by atoms with Gasteiger partial charge in [-0.15, -0.1) is 0 Å². The zero-order chi connectivity index (χ0) is 31.4. The number of likely N-dealkylation sites (tertiary alicyclic amines) is 1. The van der Waals surface area contributed by atoms with Crippen LogP contribution in [0.3, 0.4) is 0 Å². The van der Waals surface area contributed by atoms with Crippen LogP contribution < -0.4 is 11.1 Å². The first-order chi connectivity index (χ1) is 19.3. The molecular weight excluding hydrogens is 596 g/mol. The number of aryl methyl sites for hydroxylation is 1. The SMILES string of the molecule is Cc1ncc(-c2cc(C(F)(F)F)c3c(N)ncnn23)cc1C(=O)N[C@@H]1CN(C(=O)CC(C(F)(F)F)C(F)(F)F)C[C@@H]1F. The molecule has 0 radical (unpaired) electrons. The van der Waals surface area contributed by atoms with Crippen molar-refractivity contribution in [1.82, 2.24) is 29.8 Å². The Morgan fingerprint density at radius 1 is 1.05 bits per heavy atom. The number of hydrogen-bond donors (Lipinski definition) is 2. The van der Waals surface area contributed by atoms with Crippen LogP contribution in [-0.2, 0) is 11.0 Å². The molecule has 3 aromatic rings. The van der Waals surface area contributed by atoms with E-state index in [4.69, 9.17) is 5.73 Å². The third-order valence-electron chi connectivity index (χ3n) is 6.60. The Labute approximate surface area is 228 Å². The predicted octanol–water partition coefficient (Wildman–Crippen LogP) is 4.11. The van der Waals surface area contributed by atoms with Crippen molar-refractivity contribution < 1.29 is 53.5 Å². The number of nitrogen functional groups attached to an aromatic ring is 1. The lowest BCUT2D eigenvalue weighted by Gasteiger charge is -2.25. The molecule has 4 heterocycles. The van der Waals surface area contributed by atoms with Crippen LogP contribution in [-0.4, -0.2) is 74.0 Å². The summed E-state index contributed by atoms with van der Waals surface area (Å²) in [5, 5.41) is 6.00. The first-order valence-corrected chi connectivity index (χ1v) is 11.8. The van der Waals surface area contributed by atoms with Crippen molar-refractivity contribution in [2.24, 2.45) is 5.92 Å². The van der Waals surface area contributed by atoms with Crippen LogP contribution in [0.15, 0.2) is 24.7 Å². The summed E-state index contributed by atoms with van der Waals surface area (Å²) in [5.41, 5.74) is 3.47. The number of hydrogen-bond acceptors (Lipinski definition) is 6. The molecule has 228 valence electrons. The fraction of sp³-hybridized carbons (Fsp3) is 0.435. The van der Waals surface area contributed by atoms with Crippen LogP contribution in [0.2, 0.25) is 0 Å². The van der Waals surface area contributed by atoms with E-state index >= 15 is 0 Å². The molecule has 0 aliphatic carbocycles. The van der Waals surface area contributed by atoms with Crippen LogP contribution >= 0.6 is 0 Å². The molecule has 0 unspecified atom stereocenters. The molecule has 4 rings (SSSR count). The molecule has 1 saturated heterocycles. The zero-order valence-electron chi connectivity index (χ0n) is 21.1. The monoisotopic (exact) mass is 615 g/mol. The molecule has 2 atom stereocenters. The lowest BCUT2D eigenvalue weighted by molar-refractivity contribution is -0.284. The fourth-order valence-corrected chi connectivity index (χ4v) is 4.46. The topological polar surface area (TPSA) is 119 Å². The van der Waals surface area contributed by atoms with Crippen molar-refractivity contribution in [1.29, 1.82) is 0 Å². The van der Waals surface area contributed by atoms with E-state index in [9.17, 15) is 53.5 Å². The third-order valence-corrected chi connectivity index (χ3v) is 6.60. The summed E-state index contributed by atoms with van der Waals surface area (Å²) in [6.07, 6.45) is -18.4. The largest absolute Gasteiger partial charge is 0.418 e. The lowest BCUT2D eigenvalue weighted by Crippen LogP contribution is -2.43. The van der Waals surface area contributed by atoms with Gasteiger partial charge in [0.25, 0.3) is 5.91 Å². The Bertz CT molecular complexity index is 1500. The van der Waals surface area contributed by atoms with E-state index in [0.717, 1.165) is 23.1 Å². The second-order valence-corrected chi connectivity index (χ2v) is 9.44. The number of nitrogens with two attached hydrogens (primary N) is 1. The smallest absolute Gasteiger partial charge is 0.382 e. The van der Waals surface area contributed by atoms with Gasteiger partial charge in [-0.1, -0.05) is 0 Å². The van der Waals surface area contributed by atoms with Crippen LogP contribution in [0.1, 0.15) is 28.0 Å². The van der Waals surface area contributed by atoms with E-state index < -0.39 is 84.9 Å². The lowest BCUT2D eigenvalue weighted by atomic mass is 10.0. The highest BCUT2D eigenvalue weighted by molar-refractivity contribution is 5.96. The molecule has 9 nitrogen and oxygen atoms in total. The summed E-state index contributed by atoms with van der Waals surface area (Å²) in [6.45, 7) is -0.252. The highest BCUT2D eigenvalue weighted by Crippen LogP contribution is 2.42. The fourth-order valence-electron chi connectivity index (χ4n) is 4.46. The molecule has 2 amide bonds. The minimum absolute atomic E-state index is 0.0419. The second-order valence-electron chi connectivity index (χ2n) is 9.44. The normalized spacial score (nSPS) is 18.2. The first kappa shape index (κ1) is 30.8. The zero-order valence-corrected chi connectivity index (χ0v) is 21.1. The summed E-state index contributed by atoms with van der Waals surface area (Å²) in [6, 6.07) is 0.320. The van der Waals surface area contributed by atoms with Gasteiger partial charge in [0.1, 0.15) is 18.0 Å². The van der Waals surface area contributed by atoms with Gasteiger partial charge in [0.05, 0.1) is 35.1 Å². The van der Waals surface area contributed by atoms with Crippen LogP contribution in [0.5, 0.6) is 0 Å². The quantitative estimate of drug-likeness (QED) is 0.418. The van der Waals surface area contributed by atoms with E-state index in [1.807, 2.05) is 0 Å². The van der Waals surface area contributed by atoms with Gasteiger partial charge < -0.3 is 16.0 Å². The molecule has 0 bridgehead atoms. The minimum Gasteiger partial charge on any atom is -0.382 e. The van der Waals surface area contributed by atoms with Crippen LogP contribution in [0.25, 0.3) is 16.8 Å².